The molecule has 0 saturated heterocycles. The lowest BCUT2D eigenvalue weighted by atomic mass is 9.98. The Hall–Kier alpha value is -2.15. The van der Waals surface area contributed by atoms with Crippen molar-refractivity contribution >= 4 is 11.3 Å². The van der Waals surface area contributed by atoms with Crippen LogP contribution in [0.15, 0.2) is 71.7 Å². The smallest absolute Gasteiger partial charge is 0.0760 e. The number of aliphatic imine (C=N–C) groups is 1. The number of nitrogens with zero attached hydrogens (tertiary/aromatic N) is 1. The fourth-order valence-corrected chi connectivity index (χ4v) is 2.50. The Morgan fingerprint density at radius 2 is 1.42 bits per heavy atom. The van der Waals surface area contributed by atoms with Crippen LogP contribution in [0.4, 0.5) is 0 Å². The highest BCUT2D eigenvalue weighted by Gasteiger charge is 2.20. The fourth-order valence-electron chi connectivity index (χ4n) is 2.50. The van der Waals surface area contributed by atoms with Gasteiger partial charge in [0.05, 0.1) is 11.8 Å². The van der Waals surface area contributed by atoms with E-state index in [0.717, 1.165) is 12.1 Å². The van der Waals surface area contributed by atoms with Gasteiger partial charge < -0.3 is 0 Å². The molecule has 0 saturated carbocycles. The zero-order valence-corrected chi connectivity index (χ0v) is 11.1. The van der Waals surface area contributed by atoms with Gasteiger partial charge in [-0.3, -0.25) is 4.99 Å². The molecule has 0 aromatic heterocycles. The van der Waals surface area contributed by atoms with Crippen molar-refractivity contribution in [2.75, 3.05) is 0 Å². The van der Waals surface area contributed by atoms with Gasteiger partial charge in [-0.2, -0.15) is 0 Å². The molecule has 0 amide bonds. The maximum absolute atomic E-state index is 4.86. The van der Waals surface area contributed by atoms with Crippen molar-refractivity contribution in [2.45, 2.75) is 19.4 Å². The van der Waals surface area contributed by atoms with Crippen molar-refractivity contribution < 1.29 is 0 Å². The van der Waals surface area contributed by atoms with Crippen molar-refractivity contribution in [3.8, 4) is 0 Å². The largest absolute Gasteiger partial charge is 0.277 e. The highest BCUT2D eigenvalue weighted by Crippen LogP contribution is 2.29. The Morgan fingerprint density at radius 3 is 2.00 bits per heavy atom. The Labute approximate surface area is 114 Å². The van der Waals surface area contributed by atoms with Gasteiger partial charge in [0.15, 0.2) is 0 Å². The van der Waals surface area contributed by atoms with E-state index in [0.29, 0.717) is 0 Å². The molecular weight excluding hydrogens is 230 g/mol. The van der Waals surface area contributed by atoms with Gasteiger partial charge in [0.25, 0.3) is 0 Å². The van der Waals surface area contributed by atoms with Crippen molar-refractivity contribution in [3.05, 3.63) is 77.9 Å². The number of allylic oxidation sites excluding steroid dienone is 1. The SMILES string of the molecule is CCC1N=C(c2ccccc2)C=C1c1ccccc1. The highest BCUT2D eigenvalue weighted by molar-refractivity contribution is 6.15. The van der Waals surface area contributed by atoms with Crippen LogP contribution in [0.1, 0.15) is 24.5 Å². The molecule has 94 valence electrons. The zero-order chi connectivity index (χ0) is 13.1. The predicted molar refractivity (Wildman–Crippen MR) is 81.5 cm³/mol. The molecule has 1 heteroatoms. The van der Waals surface area contributed by atoms with Crippen molar-refractivity contribution in [2.24, 2.45) is 4.99 Å². The molecule has 1 nitrogen and oxygen atoms in total. The molecule has 19 heavy (non-hydrogen) atoms. The molecule has 0 fully saturated rings. The maximum Gasteiger partial charge on any atom is 0.0760 e. The second kappa shape index (κ2) is 5.23. The van der Waals surface area contributed by atoms with Crippen LogP contribution >= 0.6 is 0 Å². The second-order valence-corrected chi connectivity index (χ2v) is 4.77. The predicted octanol–water partition coefficient (Wildman–Crippen LogP) is 4.35. The van der Waals surface area contributed by atoms with E-state index in [2.05, 4.69) is 67.6 Å². The van der Waals surface area contributed by atoms with Gasteiger partial charge in [-0.25, -0.2) is 0 Å². The lowest BCUT2D eigenvalue weighted by molar-refractivity contribution is 0.812. The first kappa shape index (κ1) is 11.9. The summed E-state index contributed by atoms with van der Waals surface area (Å²) in [5.74, 6) is 0. The van der Waals surface area contributed by atoms with Gasteiger partial charge in [-0.05, 0) is 29.2 Å². The van der Waals surface area contributed by atoms with Crippen molar-refractivity contribution in [1.82, 2.24) is 0 Å². The van der Waals surface area contributed by atoms with Crippen LogP contribution in [-0.4, -0.2) is 11.8 Å². The average molecular weight is 247 g/mol. The molecule has 1 unspecified atom stereocenters. The molecule has 2 aromatic rings. The molecular formula is C18H17N. The van der Waals surface area contributed by atoms with E-state index in [-0.39, 0.29) is 6.04 Å². The Morgan fingerprint density at radius 1 is 0.842 bits per heavy atom. The molecule has 1 aliphatic rings. The minimum atomic E-state index is 0.289. The van der Waals surface area contributed by atoms with Gasteiger partial charge in [0.2, 0.25) is 0 Å². The summed E-state index contributed by atoms with van der Waals surface area (Å²) in [5.41, 5.74) is 4.92. The summed E-state index contributed by atoms with van der Waals surface area (Å²) in [6.07, 6.45) is 3.27. The normalized spacial score (nSPS) is 18.1. The topological polar surface area (TPSA) is 12.4 Å². The van der Waals surface area contributed by atoms with Gasteiger partial charge in [-0.15, -0.1) is 0 Å². The quantitative estimate of drug-likeness (QED) is 0.764. The monoisotopic (exact) mass is 247 g/mol. The minimum absolute atomic E-state index is 0.289. The Kier molecular flexibility index (Phi) is 3.28. The van der Waals surface area contributed by atoms with Crippen LogP contribution in [0, 0.1) is 0 Å². The van der Waals surface area contributed by atoms with Crippen LogP contribution in [0.2, 0.25) is 0 Å². The first-order chi connectivity index (χ1) is 9.38. The molecule has 1 aliphatic heterocycles. The van der Waals surface area contributed by atoms with Crippen LogP contribution in [0.5, 0.6) is 0 Å². The van der Waals surface area contributed by atoms with Crippen LogP contribution in [-0.2, 0) is 0 Å². The molecule has 0 bridgehead atoms. The van der Waals surface area contributed by atoms with Gasteiger partial charge in [0, 0.05) is 0 Å². The number of rotatable bonds is 3. The average Bonchev–Trinajstić information content (AvgIpc) is 2.93. The minimum Gasteiger partial charge on any atom is -0.277 e. The third kappa shape index (κ3) is 2.37. The molecule has 0 aliphatic carbocycles. The summed E-state index contributed by atoms with van der Waals surface area (Å²) in [6, 6.07) is 21.3. The van der Waals surface area contributed by atoms with Gasteiger partial charge in [0.1, 0.15) is 0 Å². The number of benzene rings is 2. The molecule has 3 rings (SSSR count). The summed E-state index contributed by atoms with van der Waals surface area (Å²) >= 11 is 0. The van der Waals surface area contributed by atoms with E-state index in [1.54, 1.807) is 0 Å². The molecule has 2 aromatic carbocycles. The lowest BCUT2D eigenvalue weighted by Crippen LogP contribution is -2.02. The van der Waals surface area contributed by atoms with Crippen LogP contribution in [0.25, 0.3) is 5.57 Å². The summed E-state index contributed by atoms with van der Waals surface area (Å²) in [5, 5.41) is 0. The first-order valence-corrected chi connectivity index (χ1v) is 6.78. The maximum atomic E-state index is 4.86. The van der Waals surface area contributed by atoms with E-state index in [9.17, 15) is 0 Å². The number of hydrogen-bond acceptors (Lipinski definition) is 1. The molecule has 1 atom stereocenters. The van der Waals surface area contributed by atoms with E-state index in [1.165, 1.54) is 16.7 Å². The van der Waals surface area contributed by atoms with E-state index < -0.39 is 0 Å². The third-order valence-electron chi connectivity index (χ3n) is 3.51. The Bertz CT molecular complexity index is 609. The summed E-state index contributed by atoms with van der Waals surface area (Å²) in [4.78, 5) is 4.86. The molecule has 1 heterocycles. The molecule has 0 radical (unpaired) electrons. The second-order valence-electron chi connectivity index (χ2n) is 4.77. The van der Waals surface area contributed by atoms with Crippen LogP contribution < -0.4 is 0 Å². The zero-order valence-electron chi connectivity index (χ0n) is 11.1. The lowest BCUT2D eigenvalue weighted by Gasteiger charge is -2.09. The molecule has 0 spiro atoms. The summed E-state index contributed by atoms with van der Waals surface area (Å²) in [6.45, 7) is 2.19. The highest BCUT2D eigenvalue weighted by atomic mass is 14.8. The van der Waals surface area contributed by atoms with Gasteiger partial charge >= 0.3 is 0 Å². The van der Waals surface area contributed by atoms with Crippen molar-refractivity contribution in [1.29, 1.82) is 0 Å². The number of hydrogen-bond donors (Lipinski definition) is 0. The van der Waals surface area contributed by atoms with E-state index in [4.69, 9.17) is 4.99 Å². The van der Waals surface area contributed by atoms with Crippen molar-refractivity contribution in [3.63, 3.8) is 0 Å². The van der Waals surface area contributed by atoms with Crippen LogP contribution in [0.3, 0.4) is 0 Å². The fraction of sp³-hybridized carbons (Fsp3) is 0.167. The summed E-state index contributed by atoms with van der Waals surface area (Å²) < 4.78 is 0. The van der Waals surface area contributed by atoms with Gasteiger partial charge in [-0.1, -0.05) is 67.6 Å². The first-order valence-electron chi connectivity index (χ1n) is 6.78. The van der Waals surface area contributed by atoms with E-state index >= 15 is 0 Å². The van der Waals surface area contributed by atoms with E-state index in [1.807, 2.05) is 6.07 Å². The standard InChI is InChI=1S/C18H17N/c1-2-17-16(14-9-5-3-6-10-14)13-18(19-17)15-11-7-4-8-12-15/h3-13,17H,2H2,1H3. The third-order valence-corrected chi connectivity index (χ3v) is 3.51. The molecule has 0 N–H and O–H groups in total. The Balaban J connectivity index is 1.99. The summed E-state index contributed by atoms with van der Waals surface area (Å²) in [7, 11) is 0.